The number of hydrogen-bond acceptors (Lipinski definition) is 5. The van der Waals surface area contributed by atoms with Gasteiger partial charge in [0.1, 0.15) is 0 Å². The highest BCUT2D eigenvalue weighted by atomic mass is 35.5. The summed E-state index contributed by atoms with van der Waals surface area (Å²) in [4.78, 5) is 25.7. The third-order valence-corrected chi connectivity index (χ3v) is 5.36. The Morgan fingerprint density at radius 1 is 1.39 bits per heavy atom. The molecular formula is C14H18ClN3O4S. The summed E-state index contributed by atoms with van der Waals surface area (Å²) in [6, 6.07) is 4.15. The third-order valence-electron chi connectivity index (χ3n) is 3.35. The number of hydrogen-bond donors (Lipinski definition) is 1. The molecule has 0 aliphatic carbocycles. The highest BCUT2D eigenvalue weighted by Gasteiger charge is 2.36. The Hall–Kier alpha value is -1.64. The van der Waals surface area contributed by atoms with Gasteiger partial charge in [0.2, 0.25) is 15.9 Å². The molecule has 1 aliphatic rings. The molecule has 7 nitrogen and oxygen atoms in total. The Kier molecular flexibility index (Phi) is 5.28. The number of anilines is 1. The van der Waals surface area contributed by atoms with Crippen LogP contribution in [0, 0.1) is 0 Å². The van der Waals surface area contributed by atoms with Gasteiger partial charge in [0, 0.05) is 19.5 Å². The largest absolute Gasteiger partial charge is 0.351 e. The standard InChI is InChI=1S/C14H18ClN3O4S/c1-17(2)7-6-16-14(20)11-4-3-10(9-12(11)15)18-13(19)5-8-23(18,21)22/h3-4,9H,5-8H2,1-2H3,(H,16,20). The molecule has 0 spiro atoms. The van der Waals surface area contributed by atoms with E-state index in [1.807, 2.05) is 19.0 Å². The van der Waals surface area contributed by atoms with Crippen molar-refractivity contribution in [3.05, 3.63) is 28.8 Å². The van der Waals surface area contributed by atoms with Gasteiger partial charge in [0.15, 0.2) is 0 Å². The number of halogens is 1. The number of amides is 2. The predicted octanol–water partition coefficient (Wildman–Crippen LogP) is 0.698. The lowest BCUT2D eigenvalue weighted by Crippen LogP contribution is -2.32. The van der Waals surface area contributed by atoms with Crippen LogP contribution in [0.25, 0.3) is 0 Å². The molecule has 1 heterocycles. The lowest BCUT2D eigenvalue weighted by atomic mass is 10.2. The second-order valence-corrected chi connectivity index (χ2v) is 7.79. The number of benzene rings is 1. The van der Waals surface area contributed by atoms with Gasteiger partial charge in [-0.15, -0.1) is 0 Å². The SMILES string of the molecule is CN(C)CCNC(=O)c1ccc(N2C(=O)CCS2(=O)=O)cc1Cl. The van der Waals surface area contributed by atoms with Crippen LogP contribution in [0.3, 0.4) is 0 Å². The van der Waals surface area contributed by atoms with Crippen molar-refractivity contribution in [1.29, 1.82) is 0 Å². The molecule has 1 fully saturated rings. The van der Waals surface area contributed by atoms with Crippen molar-refractivity contribution in [2.45, 2.75) is 6.42 Å². The summed E-state index contributed by atoms with van der Waals surface area (Å²) in [6.07, 6.45) is -0.0489. The van der Waals surface area contributed by atoms with E-state index in [0.717, 1.165) is 4.31 Å². The molecule has 1 aliphatic heterocycles. The predicted molar refractivity (Wildman–Crippen MR) is 88.2 cm³/mol. The summed E-state index contributed by atoms with van der Waals surface area (Å²) < 4.78 is 24.5. The first-order chi connectivity index (χ1) is 10.7. The topological polar surface area (TPSA) is 86.8 Å². The van der Waals surface area contributed by atoms with Gasteiger partial charge in [-0.05, 0) is 32.3 Å². The maximum Gasteiger partial charge on any atom is 0.252 e. The monoisotopic (exact) mass is 359 g/mol. The Labute approximate surface area is 140 Å². The molecule has 23 heavy (non-hydrogen) atoms. The van der Waals surface area contributed by atoms with Gasteiger partial charge in [-0.1, -0.05) is 11.6 Å². The molecule has 0 unspecified atom stereocenters. The average molecular weight is 360 g/mol. The maximum absolute atomic E-state index is 12.1. The maximum atomic E-state index is 12.1. The molecule has 126 valence electrons. The van der Waals surface area contributed by atoms with Crippen LogP contribution in [0.5, 0.6) is 0 Å². The first-order valence-electron chi connectivity index (χ1n) is 7.00. The number of nitrogens with one attached hydrogen (secondary N) is 1. The minimum Gasteiger partial charge on any atom is -0.351 e. The first-order valence-corrected chi connectivity index (χ1v) is 8.99. The Morgan fingerprint density at radius 2 is 2.09 bits per heavy atom. The summed E-state index contributed by atoms with van der Waals surface area (Å²) in [5, 5.41) is 2.82. The second kappa shape index (κ2) is 6.86. The number of sulfonamides is 1. The van der Waals surface area contributed by atoms with E-state index in [1.54, 1.807) is 0 Å². The van der Waals surface area contributed by atoms with Crippen LogP contribution in [0.2, 0.25) is 5.02 Å². The van der Waals surface area contributed by atoms with E-state index in [9.17, 15) is 18.0 Å². The van der Waals surface area contributed by atoms with Gasteiger partial charge >= 0.3 is 0 Å². The molecule has 0 bridgehead atoms. The molecule has 0 radical (unpaired) electrons. The second-order valence-electron chi connectivity index (χ2n) is 5.45. The number of nitrogens with zero attached hydrogens (tertiary/aromatic N) is 2. The van der Waals surface area contributed by atoms with Crippen molar-refractivity contribution >= 4 is 39.1 Å². The third kappa shape index (κ3) is 4.01. The molecule has 1 N–H and O–H groups in total. The van der Waals surface area contributed by atoms with E-state index >= 15 is 0 Å². The van der Waals surface area contributed by atoms with Gasteiger partial charge in [-0.3, -0.25) is 9.59 Å². The number of likely N-dealkylation sites (N-methyl/N-ethyl adjacent to an activating group) is 1. The van der Waals surface area contributed by atoms with Crippen molar-refractivity contribution in [2.75, 3.05) is 37.2 Å². The van der Waals surface area contributed by atoms with E-state index in [0.29, 0.717) is 13.1 Å². The molecular weight excluding hydrogens is 342 g/mol. The molecule has 1 saturated heterocycles. The van der Waals surface area contributed by atoms with Crippen LogP contribution >= 0.6 is 11.6 Å². The quantitative estimate of drug-likeness (QED) is 0.836. The van der Waals surface area contributed by atoms with Crippen LogP contribution in [0.4, 0.5) is 5.69 Å². The van der Waals surface area contributed by atoms with Crippen LogP contribution in [0.15, 0.2) is 18.2 Å². The summed E-state index contributed by atoms with van der Waals surface area (Å²) >= 11 is 6.08. The van der Waals surface area contributed by atoms with E-state index in [1.165, 1.54) is 18.2 Å². The van der Waals surface area contributed by atoms with E-state index < -0.39 is 15.9 Å². The molecule has 1 aromatic rings. The van der Waals surface area contributed by atoms with E-state index in [-0.39, 0.29) is 34.4 Å². The van der Waals surface area contributed by atoms with Crippen molar-refractivity contribution in [2.24, 2.45) is 0 Å². The van der Waals surface area contributed by atoms with Crippen molar-refractivity contribution in [3.63, 3.8) is 0 Å². The number of carbonyl (C=O) groups is 2. The minimum atomic E-state index is -3.64. The molecule has 1 aromatic carbocycles. The zero-order valence-electron chi connectivity index (χ0n) is 12.9. The van der Waals surface area contributed by atoms with Crippen molar-refractivity contribution in [3.8, 4) is 0 Å². The Bertz CT molecular complexity index is 734. The minimum absolute atomic E-state index is 0.0489. The highest BCUT2D eigenvalue weighted by molar-refractivity contribution is 7.94. The molecule has 2 amide bonds. The average Bonchev–Trinajstić information content (AvgIpc) is 2.71. The Morgan fingerprint density at radius 3 is 2.61 bits per heavy atom. The number of rotatable bonds is 5. The van der Waals surface area contributed by atoms with Gasteiger partial charge in [-0.25, -0.2) is 12.7 Å². The van der Waals surface area contributed by atoms with Crippen LogP contribution in [-0.4, -0.2) is 58.1 Å². The summed E-state index contributed by atoms with van der Waals surface area (Å²) in [5.74, 6) is -1.06. The van der Waals surface area contributed by atoms with Crippen LogP contribution < -0.4 is 9.62 Å². The highest BCUT2D eigenvalue weighted by Crippen LogP contribution is 2.29. The van der Waals surface area contributed by atoms with E-state index in [2.05, 4.69) is 5.32 Å². The molecule has 0 aromatic heterocycles. The fourth-order valence-corrected chi connectivity index (χ4v) is 3.88. The van der Waals surface area contributed by atoms with Crippen molar-refractivity contribution < 1.29 is 18.0 Å². The summed E-state index contributed by atoms with van der Waals surface area (Å²) in [5.41, 5.74) is 0.389. The summed E-state index contributed by atoms with van der Waals surface area (Å²) in [7, 11) is 0.137. The molecule has 2 rings (SSSR count). The smallest absolute Gasteiger partial charge is 0.252 e. The fourth-order valence-electron chi connectivity index (χ4n) is 2.17. The lowest BCUT2D eigenvalue weighted by Gasteiger charge is -2.16. The van der Waals surface area contributed by atoms with Gasteiger partial charge in [0.05, 0.1) is 22.0 Å². The Balaban J connectivity index is 2.18. The molecule has 0 saturated carbocycles. The normalized spacial score (nSPS) is 16.9. The lowest BCUT2D eigenvalue weighted by molar-refractivity contribution is -0.116. The zero-order valence-corrected chi connectivity index (χ0v) is 14.4. The number of carbonyl (C=O) groups excluding carboxylic acids is 2. The summed E-state index contributed by atoms with van der Waals surface area (Å²) in [6.45, 7) is 1.14. The zero-order chi connectivity index (χ0) is 17.2. The van der Waals surface area contributed by atoms with Crippen LogP contribution in [-0.2, 0) is 14.8 Å². The molecule has 9 heteroatoms. The van der Waals surface area contributed by atoms with Gasteiger partial charge in [0.25, 0.3) is 5.91 Å². The first kappa shape index (κ1) is 17.7. The van der Waals surface area contributed by atoms with Crippen LogP contribution in [0.1, 0.15) is 16.8 Å². The fraction of sp³-hybridized carbons (Fsp3) is 0.429. The molecule has 0 atom stereocenters. The van der Waals surface area contributed by atoms with Crippen molar-refractivity contribution in [1.82, 2.24) is 10.2 Å². The van der Waals surface area contributed by atoms with E-state index in [4.69, 9.17) is 11.6 Å². The van der Waals surface area contributed by atoms with Gasteiger partial charge < -0.3 is 10.2 Å². The van der Waals surface area contributed by atoms with Gasteiger partial charge in [-0.2, -0.15) is 0 Å².